The van der Waals surface area contributed by atoms with Crippen LogP contribution in [0.2, 0.25) is 0 Å². The third-order valence-corrected chi connectivity index (χ3v) is 5.17. The molecule has 1 amide bonds. The molecule has 10 heteroatoms. The van der Waals surface area contributed by atoms with Gasteiger partial charge in [0.15, 0.2) is 6.61 Å². The van der Waals surface area contributed by atoms with Crippen LogP contribution in [0.1, 0.15) is 23.4 Å². The Balaban J connectivity index is 1.72. The number of nitrogens with one attached hydrogen (secondary N) is 1. The third kappa shape index (κ3) is 5.96. The Kier molecular flexibility index (Phi) is 7.43. The molecule has 2 aromatic carbocycles. The van der Waals surface area contributed by atoms with Gasteiger partial charge in [0.05, 0.1) is 11.3 Å². The molecule has 0 atom stereocenters. The van der Waals surface area contributed by atoms with Gasteiger partial charge in [-0.05, 0) is 54.4 Å². The van der Waals surface area contributed by atoms with Crippen LogP contribution in [-0.2, 0) is 11.3 Å². The molecule has 4 rings (SSSR count). The number of carbonyl (C=O) groups excluding carboxylic acids is 1. The highest BCUT2D eigenvalue weighted by atomic mass is 19.3. The molecule has 0 bridgehead atoms. The molecule has 0 saturated heterocycles. The number of anilines is 1. The topological polar surface area (TPSA) is 103 Å². The predicted octanol–water partition coefficient (Wildman–Crippen LogP) is 4.87. The summed E-state index contributed by atoms with van der Waals surface area (Å²) in [6.45, 7) is 1.46. The Morgan fingerprint density at radius 1 is 1.00 bits per heavy atom. The van der Waals surface area contributed by atoms with E-state index in [4.69, 9.17) is 10.5 Å². The second-order valence-electron chi connectivity index (χ2n) is 7.89. The van der Waals surface area contributed by atoms with E-state index in [-0.39, 0.29) is 28.6 Å². The highest BCUT2D eigenvalue weighted by Gasteiger charge is 2.22. The Labute approximate surface area is 205 Å². The van der Waals surface area contributed by atoms with E-state index in [1.807, 2.05) is 30.3 Å². The Morgan fingerprint density at radius 2 is 1.72 bits per heavy atom. The van der Waals surface area contributed by atoms with Crippen molar-refractivity contribution in [2.24, 2.45) is 0 Å². The van der Waals surface area contributed by atoms with E-state index < -0.39 is 30.5 Å². The predicted molar refractivity (Wildman–Crippen MR) is 129 cm³/mol. The van der Waals surface area contributed by atoms with Gasteiger partial charge in [-0.25, -0.2) is 18.2 Å². The van der Waals surface area contributed by atoms with Gasteiger partial charge in [-0.15, -0.1) is 0 Å². The lowest BCUT2D eigenvalue weighted by molar-refractivity contribution is -0.123. The number of hydrogen-bond acceptors (Lipinski definition) is 6. The van der Waals surface area contributed by atoms with Gasteiger partial charge in [0, 0.05) is 17.8 Å². The van der Waals surface area contributed by atoms with Crippen LogP contribution in [0.5, 0.6) is 5.88 Å². The Bertz CT molecular complexity index is 1370. The molecule has 36 heavy (non-hydrogen) atoms. The first-order valence-corrected chi connectivity index (χ1v) is 10.9. The molecule has 7 nitrogen and oxygen atoms in total. The molecule has 4 aromatic rings. The summed E-state index contributed by atoms with van der Waals surface area (Å²) >= 11 is 0. The molecule has 184 valence electrons. The van der Waals surface area contributed by atoms with Crippen LogP contribution in [-0.4, -0.2) is 27.5 Å². The van der Waals surface area contributed by atoms with E-state index >= 15 is 0 Å². The van der Waals surface area contributed by atoms with E-state index in [2.05, 4.69) is 20.3 Å². The zero-order chi connectivity index (χ0) is 25.7. The fraction of sp³-hybridized carbons (Fsp3) is 0.154. The highest BCUT2D eigenvalue weighted by molar-refractivity contribution is 5.85. The zero-order valence-corrected chi connectivity index (χ0v) is 19.2. The monoisotopic (exact) mass is 493 g/mol. The highest BCUT2D eigenvalue weighted by Crippen LogP contribution is 2.39. The maximum Gasteiger partial charge on any atom is 0.280 e. The number of nitrogens with two attached hydrogens (primary N) is 1. The molecule has 0 aliphatic rings. The number of amides is 1. The van der Waals surface area contributed by atoms with E-state index in [9.17, 15) is 18.0 Å². The lowest BCUT2D eigenvalue weighted by Crippen LogP contribution is -2.28. The summed E-state index contributed by atoms with van der Waals surface area (Å²) in [5, 5.41) is 2.74. The fourth-order valence-corrected chi connectivity index (χ4v) is 3.57. The van der Waals surface area contributed by atoms with Crippen molar-refractivity contribution in [1.29, 1.82) is 0 Å². The Morgan fingerprint density at radius 3 is 2.42 bits per heavy atom. The van der Waals surface area contributed by atoms with Crippen molar-refractivity contribution in [1.82, 2.24) is 20.3 Å². The zero-order valence-electron chi connectivity index (χ0n) is 19.2. The van der Waals surface area contributed by atoms with Gasteiger partial charge in [0.25, 0.3) is 12.3 Å². The van der Waals surface area contributed by atoms with Crippen molar-refractivity contribution >= 4 is 11.9 Å². The average molecular weight is 493 g/mol. The van der Waals surface area contributed by atoms with Crippen molar-refractivity contribution in [3.63, 3.8) is 0 Å². The van der Waals surface area contributed by atoms with E-state index in [0.29, 0.717) is 17.8 Å². The molecular formula is C26H22F3N5O2. The molecule has 0 unspecified atom stereocenters. The maximum atomic E-state index is 13.6. The van der Waals surface area contributed by atoms with Gasteiger partial charge < -0.3 is 15.8 Å². The van der Waals surface area contributed by atoms with Crippen molar-refractivity contribution in [3.05, 3.63) is 89.5 Å². The van der Waals surface area contributed by atoms with Crippen LogP contribution in [0, 0.1) is 12.7 Å². The number of pyridine rings is 1. The van der Waals surface area contributed by atoms with Crippen molar-refractivity contribution in [2.75, 3.05) is 12.3 Å². The summed E-state index contributed by atoms with van der Waals surface area (Å²) in [7, 11) is 0. The summed E-state index contributed by atoms with van der Waals surface area (Å²) < 4.78 is 46.3. The number of nitrogen functional groups attached to an aromatic ring is 1. The number of carbonyl (C=O) groups is 1. The number of ether oxygens (including phenoxy) is 1. The number of aryl methyl sites for hydroxylation is 1. The van der Waals surface area contributed by atoms with Crippen molar-refractivity contribution in [3.8, 4) is 28.3 Å². The molecule has 2 aromatic heterocycles. The summed E-state index contributed by atoms with van der Waals surface area (Å²) in [6, 6.07) is 17.5. The van der Waals surface area contributed by atoms with Crippen molar-refractivity contribution in [2.45, 2.75) is 19.9 Å². The van der Waals surface area contributed by atoms with Crippen LogP contribution >= 0.6 is 0 Å². The van der Waals surface area contributed by atoms with Crippen LogP contribution in [0.25, 0.3) is 22.4 Å². The van der Waals surface area contributed by atoms with Crippen LogP contribution in [0.4, 0.5) is 19.1 Å². The number of nitrogens with zero attached hydrogens (tertiary/aromatic N) is 3. The second kappa shape index (κ2) is 10.9. The average Bonchev–Trinajstić information content (AvgIpc) is 2.86. The second-order valence-corrected chi connectivity index (χ2v) is 7.89. The molecule has 0 aliphatic heterocycles. The quantitative estimate of drug-likeness (QED) is 0.363. The SMILES string of the molecule is Cc1cc(-c2c(OCC(=O)NCc3ccccc3)nc(N)nc2-c2ccc(F)cc2)cc(C(F)F)n1. The standard InChI is InChI=1S/C26H22F3N5O2/c1-15-11-18(12-20(32-15)24(28)29)22-23(17-7-9-19(27)10-8-17)33-26(30)34-25(22)36-14-21(35)31-13-16-5-3-2-4-6-16/h2-12,24H,13-14H2,1H3,(H,31,35)(H2,30,33,34). The van der Waals surface area contributed by atoms with Crippen LogP contribution in [0.3, 0.4) is 0 Å². The van der Waals surface area contributed by atoms with Gasteiger partial charge in [0.1, 0.15) is 11.5 Å². The van der Waals surface area contributed by atoms with E-state index in [1.165, 1.54) is 30.3 Å². The number of benzene rings is 2. The molecular weight excluding hydrogens is 471 g/mol. The fourth-order valence-electron chi connectivity index (χ4n) is 3.57. The summed E-state index contributed by atoms with van der Waals surface area (Å²) in [5.41, 5.74) is 7.89. The minimum absolute atomic E-state index is 0.0810. The molecule has 3 N–H and O–H groups in total. The minimum Gasteiger partial charge on any atom is -0.467 e. The summed E-state index contributed by atoms with van der Waals surface area (Å²) in [5.74, 6) is -1.14. The molecule has 2 heterocycles. The van der Waals surface area contributed by atoms with E-state index in [1.54, 1.807) is 13.0 Å². The van der Waals surface area contributed by atoms with Crippen LogP contribution < -0.4 is 15.8 Å². The molecule has 0 spiro atoms. The minimum atomic E-state index is -2.82. The number of alkyl halides is 2. The van der Waals surface area contributed by atoms with Gasteiger partial charge >= 0.3 is 0 Å². The molecule has 0 saturated carbocycles. The van der Waals surface area contributed by atoms with Gasteiger partial charge in [-0.2, -0.15) is 4.98 Å². The summed E-state index contributed by atoms with van der Waals surface area (Å²) in [4.78, 5) is 24.7. The van der Waals surface area contributed by atoms with Crippen molar-refractivity contribution < 1.29 is 22.7 Å². The smallest absolute Gasteiger partial charge is 0.280 e. The first kappa shape index (κ1) is 24.6. The third-order valence-electron chi connectivity index (χ3n) is 5.17. The lowest BCUT2D eigenvalue weighted by Gasteiger charge is -2.16. The maximum absolute atomic E-state index is 13.6. The first-order chi connectivity index (χ1) is 17.3. The largest absolute Gasteiger partial charge is 0.467 e. The number of rotatable bonds is 8. The van der Waals surface area contributed by atoms with Gasteiger partial charge in [0.2, 0.25) is 11.8 Å². The molecule has 0 fully saturated rings. The van der Waals surface area contributed by atoms with Crippen LogP contribution in [0.15, 0.2) is 66.7 Å². The molecule has 0 aliphatic carbocycles. The van der Waals surface area contributed by atoms with Gasteiger partial charge in [-0.1, -0.05) is 30.3 Å². The first-order valence-electron chi connectivity index (χ1n) is 10.9. The Hall–Kier alpha value is -4.47. The molecule has 0 radical (unpaired) electrons. The lowest BCUT2D eigenvalue weighted by atomic mass is 9.99. The normalized spacial score (nSPS) is 10.9. The summed E-state index contributed by atoms with van der Waals surface area (Å²) in [6.07, 6.45) is -2.82. The van der Waals surface area contributed by atoms with E-state index in [0.717, 1.165) is 5.56 Å². The van der Waals surface area contributed by atoms with Gasteiger partial charge in [-0.3, -0.25) is 9.78 Å². The number of hydrogen-bond donors (Lipinski definition) is 2. The number of aromatic nitrogens is 3. The number of halogens is 3.